The highest BCUT2D eigenvalue weighted by Crippen LogP contribution is 2.38. The van der Waals surface area contributed by atoms with E-state index < -0.39 is 0 Å². The molecule has 0 aliphatic carbocycles. The van der Waals surface area contributed by atoms with E-state index in [-0.39, 0.29) is 18.6 Å². The molecule has 1 aliphatic heterocycles. The normalized spacial score (nSPS) is 13.0. The molecule has 2 amide bonds. The first kappa shape index (κ1) is 23.3. The van der Waals surface area contributed by atoms with Crippen LogP contribution in [-0.2, 0) is 16.1 Å². The van der Waals surface area contributed by atoms with Gasteiger partial charge in [0.05, 0.1) is 23.7 Å². The van der Waals surface area contributed by atoms with Gasteiger partial charge in [-0.05, 0) is 31.4 Å². The molecule has 1 aromatic heterocycles. The molecule has 3 rings (SSSR count). The third-order valence-electron chi connectivity index (χ3n) is 4.99. The van der Waals surface area contributed by atoms with Crippen LogP contribution in [0, 0.1) is 13.8 Å². The molecule has 6 nitrogen and oxygen atoms in total. The third kappa shape index (κ3) is 4.93. The van der Waals surface area contributed by atoms with Gasteiger partial charge in [0.25, 0.3) is 0 Å². The Bertz CT molecular complexity index is 913. The molecule has 0 spiro atoms. The summed E-state index contributed by atoms with van der Waals surface area (Å²) in [6, 6.07) is 8.33. The van der Waals surface area contributed by atoms with E-state index >= 15 is 0 Å². The van der Waals surface area contributed by atoms with Crippen LogP contribution in [0.5, 0.6) is 0 Å². The Kier molecular flexibility index (Phi) is 7.86. The van der Waals surface area contributed by atoms with E-state index in [2.05, 4.69) is 48.5 Å². The maximum absolute atomic E-state index is 12.9. The highest BCUT2D eigenvalue weighted by molar-refractivity contribution is 6.04. The summed E-state index contributed by atoms with van der Waals surface area (Å²) in [6.07, 6.45) is 2.63. The Labute approximate surface area is 179 Å². The Balaban J connectivity index is 0.00000155. The summed E-state index contributed by atoms with van der Waals surface area (Å²) in [4.78, 5) is 27.1. The monoisotopic (exact) mass is 411 g/mol. The van der Waals surface area contributed by atoms with Gasteiger partial charge in [0.1, 0.15) is 0 Å². The fourth-order valence-corrected chi connectivity index (χ4v) is 3.61. The van der Waals surface area contributed by atoms with Gasteiger partial charge in [0, 0.05) is 33.3 Å². The lowest BCUT2D eigenvalue weighted by molar-refractivity contribution is -0.141. The van der Waals surface area contributed by atoms with Crippen molar-refractivity contribution in [2.45, 2.75) is 47.6 Å². The van der Waals surface area contributed by atoms with Gasteiger partial charge in [-0.15, -0.1) is 0 Å². The fraction of sp³-hybridized carbons (Fsp3) is 0.417. The van der Waals surface area contributed by atoms with Crippen LogP contribution in [-0.4, -0.2) is 41.7 Å². The molecule has 2 aromatic rings. The molecule has 0 N–H and O–H groups in total. The molecule has 30 heavy (non-hydrogen) atoms. The SMILES string of the molecule is C=C1c2c(c(C)cn2Cc2ccc(C)cc2)N(C)C(=O)N1CCCOC(C)=O.CC. The van der Waals surface area contributed by atoms with Crippen LogP contribution in [0.1, 0.15) is 49.6 Å². The Morgan fingerprint density at radius 2 is 1.77 bits per heavy atom. The van der Waals surface area contributed by atoms with Gasteiger partial charge in [-0.1, -0.05) is 50.3 Å². The minimum Gasteiger partial charge on any atom is -0.466 e. The van der Waals surface area contributed by atoms with Crippen molar-refractivity contribution in [3.8, 4) is 0 Å². The van der Waals surface area contributed by atoms with Crippen molar-refractivity contribution in [1.82, 2.24) is 9.47 Å². The van der Waals surface area contributed by atoms with Crippen molar-refractivity contribution < 1.29 is 14.3 Å². The van der Waals surface area contributed by atoms with Gasteiger partial charge >= 0.3 is 12.0 Å². The number of carbonyl (C=O) groups is 2. The van der Waals surface area contributed by atoms with Crippen LogP contribution in [0.2, 0.25) is 0 Å². The van der Waals surface area contributed by atoms with Crippen LogP contribution in [0.4, 0.5) is 10.5 Å². The van der Waals surface area contributed by atoms with Gasteiger partial charge in [0.15, 0.2) is 0 Å². The largest absolute Gasteiger partial charge is 0.466 e. The van der Waals surface area contributed by atoms with E-state index in [1.54, 1.807) is 16.8 Å². The number of fused-ring (bicyclic) bond motifs is 1. The summed E-state index contributed by atoms with van der Waals surface area (Å²) >= 11 is 0. The first-order valence-electron chi connectivity index (χ1n) is 10.4. The number of hydrogen-bond acceptors (Lipinski definition) is 3. The average molecular weight is 412 g/mol. The van der Waals surface area contributed by atoms with Crippen LogP contribution >= 0.6 is 0 Å². The van der Waals surface area contributed by atoms with E-state index in [1.807, 2.05) is 20.8 Å². The molecule has 1 aromatic carbocycles. The number of amides is 2. The predicted octanol–water partition coefficient (Wildman–Crippen LogP) is 4.98. The van der Waals surface area contributed by atoms with Gasteiger partial charge in [-0.2, -0.15) is 0 Å². The predicted molar refractivity (Wildman–Crippen MR) is 122 cm³/mol. The Morgan fingerprint density at radius 3 is 2.37 bits per heavy atom. The molecule has 0 saturated carbocycles. The summed E-state index contributed by atoms with van der Waals surface area (Å²) in [5, 5.41) is 0. The number of hydrogen-bond donors (Lipinski definition) is 0. The zero-order chi connectivity index (χ0) is 22.4. The first-order chi connectivity index (χ1) is 14.3. The highest BCUT2D eigenvalue weighted by Gasteiger charge is 2.34. The number of urea groups is 1. The number of nitrogens with zero attached hydrogens (tertiary/aromatic N) is 3. The number of esters is 1. The Morgan fingerprint density at radius 1 is 1.13 bits per heavy atom. The fourth-order valence-electron chi connectivity index (χ4n) is 3.61. The van der Waals surface area contributed by atoms with Crippen LogP contribution in [0.25, 0.3) is 5.70 Å². The molecule has 2 heterocycles. The van der Waals surface area contributed by atoms with E-state index in [4.69, 9.17) is 4.74 Å². The van der Waals surface area contributed by atoms with Gasteiger partial charge in [-0.25, -0.2) is 4.79 Å². The molecule has 0 radical (unpaired) electrons. The number of benzene rings is 1. The average Bonchev–Trinajstić information content (AvgIpc) is 3.04. The number of aryl methyl sites for hydroxylation is 2. The summed E-state index contributed by atoms with van der Waals surface area (Å²) < 4.78 is 7.14. The van der Waals surface area contributed by atoms with Gasteiger partial charge in [0.2, 0.25) is 0 Å². The van der Waals surface area contributed by atoms with Crippen molar-refractivity contribution >= 4 is 23.4 Å². The molecule has 0 fully saturated rings. The highest BCUT2D eigenvalue weighted by atomic mass is 16.5. The van der Waals surface area contributed by atoms with Crippen LogP contribution in [0.15, 0.2) is 37.0 Å². The maximum atomic E-state index is 12.9. The van der Waals surface area contributed by atoms with Gasteiger partial charge in [-0.3, -0.25) is 14.6 Å². The number of aromatic nitrogens is 1. The number of anilines is 1. The van der Waals surface area contributed by atoms with Crippen molar-refractivity contribution in [3.63, 3.8) is 0 Å². The maximum Gasteiger partial charge on any atom is 0.328 e. The lowest BCUT2D eigenvalue weighted by Gasteiger charge is -2.36. The standard InChI is InChI=1S/C22H27N3O3.C2H6/c1-15-7-9-19(10-8-15)14-24-13-16(2)20-21(24)17(3)25(22(27)23(20)5)11-6-12-28-18(4)26;1-2/h7-10,13H,3,6,11-12,14H2,1-2,4-5H3;1-2H3. The lowest BCUT2D eigenvalue weighted by atomic mass is 10.1. The molecule has 6 heteroatoms. The third-order valence-corrected chi connectivity index (χ3v) is 4.99. The second-order valence-electron chi connectivity index (χ2n) is 7.26. The van der Waals surface area contributed by atoms with E-state index in [0.717, 1.165) is 16.9 Å². The van der Waals surface area contributed by atoms with Crippen molar-refractivity contribution in [2.75, 3.05) is 25.1 Å². The minimum absolute atomic E-state index is 0.114. The topological polar surface area (TPSA) is 54.8 Å². The summed E-state index contributed by atoms with van der Waals surface area (Å²) in [7, 11) is 1.79. The van der Waals surface area contributed by atoms with Crippen molar-refractivity contribution in [2.24, 2.45) is 0 Å². The number of carbonyl (C=O) groups excluding carboxylic acids is 2. The minimum atomic E-state index is -0.314. The molecule has 0 unspecified atom stereocenters. The Hall–Kier alpha value is -3.02. The summed E-state index contributed by atoms with van der Waals surface area (Å²) in [5.74, 6) is -0.314. The van der Waals surface area contributed by atoms with Crippen LogP contribution < -0.4 is 4.90 Å². The number of rotatable bonds is 6. The molecular weight excluding hydrogens is 378 g/mol. The molecule has 0 bridgehead atoms. The second-order valence-corrected chi connectivity index (χ2v) is 7.26. The first-order valence-corrected chi connectivity index (χ1v) is 10.4. The molecule has 0 atom stereocenters. The van der Waals surface area contributed by atoms with Crippen molar-refractivity contribution in [3.05, 3.63) is 59.4 Å². The second kappa shape index (κ2) is 10.1. The van der Waals surface area contributed by atoms with Crippen molar-refractivity contribution in [1.29, 1.82) is 0 Å². The zero-order valence-electron chi connectivity index (χ0n) is 19.0. The molecule has 0 saturated heterocycles. The number of ether oxygens (including phenoxy) is 1. The summed E-state index contributed by atoms with van der Waals surface area (Å²) in [6.45, 7) is 15.1. The van der Waals surface area contributed by atoms with Crippen LogP contribution in [0.3, 0.4) is 0 Å². The van der Waals surface area contributed by atoms with Gasteiger partial charge < -0.3 is 9.30 Å². The smallest absolute Gasteiger partial charge is 0.328 e. The summed E-state index contributed by atoms with van der Waals surface area (Å²) in [5.41, 5.74) is 5.99. The van der Waals surface area contributed by atoms with E-state index in [9.17, 15) is 9.59 Å². The molecule has 162 valence electrons. The molecule has 1 aliphatic rings. The zero-order valence-corrected chi connectivity index (χ0v) is 19.0. The van der Waals surface area contributed by atoms with E-state index in [1.165, 1.54) is 18.1 Å². The quantitative estimate of drug-likeness (QED) is 0.498. The van der Waals surface area contributed by atoms with E-state index in [0.29, 0.717) is 25.2 Å². The molecular formula is C24H33N3O3. The lowest BCUT2D eigenvalue weighted by Crippen LogP contribution is -2.45.